The summed E-state index contributed by atoms with van der Waals surface area (Å²) >= 11 is 0. The number of rotatable bonds is 5. The Morgan fingerprint density at radius 3 is 2.14 bits per heavy atom. The van der Waals surface area contributed by atoms with E-state index >= 15 is 0 Å². The lowest BCUT2D eigenvalue weighted by molar-refractivity contribution is 0.101. The number of para-hydroxylation sites is 1. The third-order valence-electron chi connectivity index (χ3n) is 4.32. The van der Waals surface area contributed by atoms with E-state index in [-0.39, 0.29) is 29.1 Å². The molecule has 1 aromatic heterocycles. The first-order valence-electron chi connectivity index (χ1n) is 9.19. The topological polar surface area (TPSA) is 71.1 Å². The summed E-state index contributed by atoms with van der Waals surface area (Å²) in [6, 6.07) is 20.0. The maximum atomic E-state index is 12.7. The predicted molar refractivity (Wildman–Crippen MR) is 112 cm³/mol. The Hall–Kier alpha value is -3.47. The van der Waals surface area contributed by atoms with Gasteiger partial charge in [-0.2, -0.15) is 0 Å². The zero-order chi connectivity index (χ0) is 20.1. The lowest BCUT2D eigenvalue weighted by atomic mass is 10.0. The minimum absolute atomic E-state index is 0.186. The Bertz CT molecular complexity index is 1010. The van der Waals surface area contributed by atoms with Crippen LogP contribution in [0.15, 0.2) is 66.7 Å². The maximum Gasteiger partial charge on any atom is 0.274 e. The van der Waals surface area contributed by atoms with Gasteiger partial charge >= 0.3 is 0 Å². The van der Waals surface area contributed by atoms with E-state index in [9.17, 15) is 9.59 Å². The summed E-state index contributed by atoms with van der Waals surface area (Å²) in [5.74, 6) is -0.433. The van der Waals surface area contributed by atoms with Gasteiger partial charge in [-0.1, -0.05) is 50.2 Å². The minimum Gasteiger partial charge on any atom is -0.321 e. The number of amides is 2. The summed E-state index contributed by atoms with van der Waals surface area (Å²) in [5, 5.41) is 5.70. The van der Waals surface area contributed by atoms with Gasteiger partial charge in [0.2, 0.25) is 0 Å². The number of carbonyl (C=O) groups is 2. The van der Waals surface area contributed by atoms with Crippen molar-refractivity contribution in [2.45, 2.75) is 26.7 Å². The summed E-state index contributed by atoms with van der Waals surface area (Å²) in [4.78, 5) is 29.4. The third kappa shape index (κ3) is 4.62. The van der Waals surface area contributed by atoms with Gasteiger partial charge in [0, 0.05) is 11.4 Å². The standard InChI is InChI=1S/C23H23N3O2/c1-15(2)18-10-4-5-11-19(18)26-23(28)21-13-7-12-20(25-21)22(27)24-17-9-6-8-16(3)14-17/h4-15H,1-3H3,(H,24,27)(H,26,28). The van der Waals surface area contributed by atoms with Crippen molar-refractivity contribution in [2.75, 3.05) is 10.6 Å². The first-order chi connectivity index (χ1) is 13.4. The van der Waals surface area contributed by atoms with E-state index < -0.39 is 0 Å². The highest BCUT2D eigenvalue weighted by Crippen LogP contribution is 2.24. The molecule has 0 saturated carbocycles. The normalized spacial score (nSPS) is 10.6. The number of anilines is 2. The molecule has 2 amide bonds. The highest BCUT2D eigenvalue weighted by Gasteiger charge is 2.15. The molecule has 0 fully saturated rings. The van der Waals surface area contributed by atoms with Gasteiger partial charge in [-0.05, 0) is 54.3 Å². The van der Waals surface area contributed by atoms with Gasteiger partial charge < -0.3 is 10.6 Å². The van der Waals surface area contributed by atoms with Crippen LogP contribution in [0.1, 0.15) is 51.9 Å². The second-order valence-electron chi connectivity index (χ2n) is 6.93. The number of aromatic nitrogens is 1. The first-order valence-corrected chi connectivity index (χ1v) is 9.19. The van der Waals surface area contributed by atoms with Crippen molar-refractivity contribution in [3.05, 3.63) is 89.2 Å². The minimum atomic E-state index is -0.358. The molecule has 3 aromatic rings. The molecule has 0 aliphatic carbocycles. The van der Waals surface area contributed by atoms with E-state index in [0.717, 1.165) is 16.8 Å². The van der Waals surface area contributed by atoms with E-state index in [4.69, 9.17) is 0 Å². The van der Waals surface area contributed by atoms with Gasteiger partial charge in [0.25, 0.3) is 11.8 Å². The average molecular weight is 373 g/mol. The Morgan fingerprint density at radius 1 is 0.821 bits per heavy atom. The lowest BCUT2D eigenvalue weighted by Crippen LogP contribution is -2.19. The van der Waals surface area contributed by atoms with Gasteiger partial charge in [-0.25, -0.2) is 4.98 Å². The molecule has 5 heteroatoms. The zero-order valence-corrected chi connectivity index (χ0v) is 16.2. The highest BCUT2D eigenvalue weighted by atomic mass is 16.2. The van der Waals surface area contributed by atoms with Crippen LogP contribution in [0.5, 0.6) is 0 Å². The van der Waals surface area contributed by atoms with Crippen LogP contribution in [0, 0.1) is 6.92 Å². The maximum absolute atomic E-state index is 12.7. The van der Waals surface area contributed by atoms with Crippen LogP contribution in [0.2, 0.25) is 0 Å². The molecule has 0 aliphatic rings. The van der Waals surface area contributed by atoms with Crippen molar-refractivity contribution in [3.63, 3.8) is 0 Å². The summed E-state index contributed by atoms with van der Waals surface area (Å²) in [6.45, 7) is 6.09. The Balaban J connectivity index is 1.77. The van der Waals surface area contributed by atoms with Crippen LogP contribution in [-0.4, -0.2) is 16.8 Å². The van der Waals surface area contributed by atoms with E-state index in [1.54, 1.807) is 18.2 Å². The molecular formula is C23H23N3O2. The number of carbonyl (C=O) groups excluding carboxylic acids is 2. The van der Waals surface area contributed by atoms with Crippen LogP contribution in [0.3, 0.4) is 0 Å². The van der Waals surface area contributed by atoms with Gasteiger partial charge in [0.15, 0.2) is 0 Å². The van der Waals surface area contributed by atoms with E-state index in [1.807, 2.05) is 55.5 Å². The fourth-order valence-electron chi connectivity index (χ4n) is 2.91. The molecule has 2 aromatic carbocycles. The highest BCUT2D eigenvalue weighted by molar-refractivity contribution is 6.06. The predicted octanol–water partition coefficient (Wildman–Crippen LogP) is 5.02. The molecule has 0 saturated heterocycles. The van der Waals surface area contributed by atoms with Gasteiger partial charge in [-0.15, -0.1) is 0 Å². The first kappa shape index (κ1) is 19.3. The number of benzene rings is 2. The van der Waals surface area contributed by atoms with Gasteiger partial charge in [0.05, 0.1) is 0 Å². The number of hydrogen-bond donors (Lipinski definition) is 2. The largest absolute Gasteiger partial charge is 0.321 e. The quantitative estimate of drug-likeness (QED) is 0.660. The Kier molecular flexibility index (Phi) is 5.84. The second kappa shape index (κ2) is 8.48. The molecule has 2 N–H and O–H groups in total. The summed E-state index contributed by atoms with van der Waals surface area (Å²) < 4.78 is 0. The van der Waals surface area contributed by atoms with Crippen molar-refractivity contribution >= 4 is 23.2 Å². The molecule has 0 spiro atoms. The molecule has 3 rings (SSSR count). The zero-order valence-electron chi connectivity index (χ0n) is 16.2. The molecule has 0 radical (unpaired) electrons. The number of pyridine rings is 1. The van der Waals surface area contributed by atoms with E-state index in [1.165, 1.54) is 0 Å². The molecule has 0 aliphatic heterocycles. The van der Waals surface area contributed by atoms with E-state index in [2.05, 4.69) is 29.5 Å². The van der Waals surface area contributed by atoms with Gasteiger partial charge in [-0.3, -0.25) is 9.59 Å². The van der Waals surface area contributed by atoms with Gasteiger partial charge in [0.1, 0.15) is 11.4 Å². The molecule has 1 heterocycles. The molecule has 0 unspecified atom stereocenters. The summed E-state index contributed by atoms with van der Waals surface area (Å²) in [5.41, 5.74) is 3.90. The Morgan fingerprint density at radius 2 is 1.46 bits per heavy atom. The molecule has 28 heavy (non-hydrogen) atoms. The molecule has 0 bridgehead atoms. The SMILES string of the molecule is Cc1cccc(NC(=O)c2cccc(C(=O)Nc3ccccc3C(C)C)n2)c1. The second-order valence-corrected chi connectivity index (χ2v) is 6.93. The van der Waals surface area contributed by atoms with Crippen LogP contribution >= 0.6 is 0 Å². The third-order valence-corrected chi connectivity index (χ3v) is 4.32. The van der Waals surface area contributed by atoms with Crippen molar-refractivity contribution in [1.82, 2.24) is 4.98 Å². The molecule has 142 valence electrons. The fourth-order valence-corrected chi connectivity index (χ4v) is 2.91. The van der Waals surface area contributed by atoms with Crippen LogP contribution in [0.4, 0.5) is 11.4 Å². The van der Waals surface area contributed by atoms with Crippen LogP contribution < -0.4 is 10.6 Å². The van der Waals surface area contributed by atoms with Crippen LogP contribution in [-0.2, 0) is 0 Å². The van der Waals surface area contributed by atoms with Crippen molar-refractivity contribution < 1.29 is 9.59 Å². The summed E-state index contributed by atoms with van der Waals surface area (Å²) in [7, 11) is 0. The average Bonchev–Trinajstić information content (AvgIpc) is 2.68. The van der Waals surface area contributed by atoms with Crippen molar-refractivity contribution in [2.24, 2.45) is 0 Å². The number of aryl methyl sites for hydroxylation is 1. The van der Waals surface area contributed by atoms with Crippen LogP contribution in [0.25, 0.3) is 0 Å². The Labute approximate surface area is 164 Å². The number of nitrogens with zero attached hydrogens (tertiary/aromatic N) is 1. The molecule has 5 nitrogen and oxygen atoms in total. The lowest BCUT2D eigenvalue weighted by Gasteiger charge is -2.13. The molecule has 0 atom stereocenters. The number of nitrogens with one attached hydrogen (secondary N) is 2. The smallest absolute Gasteiger partial charge is 0.274 e. The fraction of sp³-hybridized carbons (Fsp3) is 0.174. The van der Waals surface area contributed by atoms with Crippen molar-refractivity contribution in [1.29, 1.82) is 0 Å². The molecular weight excluding hydrogens is 350 g/mol. The number of hydrogen-bond acceptors (Lipinski definition) is 3. The van der Waals surface area contributed by atoms with Crippen molar-refractivity contribution in [3.8, 4) is 0 Å². The van der Waals surface area contributed by atoms with E-state index in [0.29, 0.717) is 5.69 Å². The monoisotopic (exact) mass is 373 g/mol. The summed E-state index contributed by atoms with van der Waals surface area (Å²) in [6.07, 6.45) is 0.